The first kappa shape index (κ1) is 5.25. The molecular formula is C3H4N4S. The summed E-state index contributed by atoms with van der Waals surface area (Å²) in [5, 5.41) is 13.3. The molecule has 0 unspecified atom stereocenters. The molecule has 42 valence electrons. The maximum atomic E-state index is 8.04. The van der Waals surface area contributed by atoms with Crippen LogP contribution in [0.3, 0.4) is 0 Å². The fourth-order valence-electron chi connectivity index (χ4n) is 0.346. The van der Waals surface area contributed by atoms with Crippen LogP contribution in [0.25, 0.3) is 0 Å². The van der Waals surface area contributed by atoms with Crippen LogP contribution in [0.4, 0.5) is 0 Å². The number of hydrazine groups is 1. The first-order valence-electron chi connectivity index (χ1n) is 2.00. The summed E-state index contributed by atoms with van der Waals surface area (Å²) in [6, 6.07) is 0. The van der Waals surface area contributed by atoms with Crippen molar-refractivity contribution in [2.75, 3.05) is 5.88 Å². The highest BCUT2D eigenvalue weighted by Crippen LogP contribution is 2.05. The molecule has 1 N–H and O–H groups in total. The smallest absolute Gasteiger partial charge is 0.198 e. The third kappa shape index (κ3) is 1.04. The van der Waals surface area contributed by atoms with E-state index in [4.69, 9.17) is 5.26 Å². The summed E-state index contributed by atoms with van der Waals surface area (Å²) in [5.41, 5.74) is 4.05. The minimum atomic E-state index is 0.716. The standard InChI is InChI=1S/C3H4N4S/c4-1-5-7-3-8-2-6-7/h2,5H,3H2. The molecule has 4 nitrogen and oxygen atoms in total. The Labute approximate surface area is 51.1 Å². The van der Waals surface area contributed by atoms with Gasteiger partial charge in [-0.05, 0) is 0 Å². The monoisotopic (exact) mass is 128 g/mol. The van der Waals surface area contributed by atoms with E-state index in [1.54, 1.807) is 23.5 Å². The van der Waals surface area contributed by atoms with Gasteiger partial charge in [0.1, 0.15) is 5.88 Å². The molecule has 5 heteroatoms. The second-order valence-corrected chi connectivity index (χ2v) is 1.94. The molecule has 0 fully saturated rings. The normalized spacial score (nSPS) is 16.1. The Kier molecular flexibility index (Phi) is 1.59. The number of hydrogen-bond donors (Lipinski definition) is 1. The van der Waals surface area contributed by atoms with Crippen molar-refractivity contribution in [2.45, 2.75) is 0 Å². The second-order valence-electron chi connectivity index (χ2n) is 1.14. The van der Waals surface area contributed by atoms with Crippen molar-refractivity contribution in [3.63, 3.8) is 0 Å². The van der Waals surface area contributed by atoms with Gasteiger partial charge < -0.3 is 0 Å². The lowest BCUT2D eigenvalue weighted by molar-refractivity contribution is 0.293. The molecule has 8 heavy (non-hydrogen) atoms. The van der Waals surface area contributed by atoms with Crippen molar-refractivity contribution in [3.05, 3.63) is 0 Å². The van der Waals surface area contributed by atoms with Gasteiger partial charge >= 0.3 is 0 Å². The molecule has 0 saturated heterocycles. The lowest BCUT2D eigenvalue weighted by Crippen LogP contribution is -2.25. The predicted octanol–water partition coefficient (Wildman–Crippen LogP) is -0.0783. The molecule has 0 radical (unpaired) electrons. The molecule has 0 spiro atoms. The summed E-state index contributed by atoms with van der Waals surface area (Å²) in [5.74, 6) is 0.716. The van der Waals surface area contributed by atoms with Crippen LogP contribution in [0.1, 0.15) is 0 Å². The summed E-state index contributed by atoms with van der Waals surface area (Å²) in [7, 11) is 0. The largest absolute Gasteiger partial charge is 0.217 e. The summed E-state index contributed by atoms with van der Waals surface area (Å²) >= 11 is 1.54. The van der Waals surface area contributed by atoms with Crippen LogP contribution in [0.2, 0.25) is 0 Å². The van der Waals surface area contributed by atoms with Crippen LogP contribution in [0, 0.1) is 11.5 Å². The maximum Gasteiger partial charge on any atom is 0.198 e. The summed E-state index contributed by atoms with van der Waals surface area (Å²) < 4.78 is 0. The Bertz CT molecular complexity index is 137. The summed E-state index contributed by atoms with van der Waals surface area (Å²) in [4.78, 5) is 0. The molecule has 1 heterocycles. The molecule has 1 aliphatic rings. The van der Waals surface area contributed by atoms with Gasteiger partial charge in [-0.15, -0.1) is 0 Å². The Balaban J connectivity index is 2.28. The highest BCUT2D eigenvalue weighted by Gasteiger charge is 2.01. The minimum absolute atomic E-state index is 0.716. The van der Waals surface area contributed by atoms with Crippen LogP contribution >= 0.6 is 11.8 Å². The molecule has 0 atom stereocenters. The molecule has 0 bridgehead atoms. The van der Waals surface area contributed by atoms with Gasteiger partial charge in [0.2, 0.25) is 0 Å². The number of rotatable bonds is 1. The predicted molar refractivity (Wildman–Crippen MR) is 31.5 cm³/mol. The molecule has 0 aliphatic carbocycles. The topological polar surface area (TPSA) is 51.4 Å². The van der Waals surface area contributed by atoms with Gasteiger partial charge in [-0.25, -0.2) is 5.43 Å². The first-order chi connectivity index (χ1) is 3.93. The highest BCUT2D eigenvalue weighted by atomic mass is 32.2. The number of hydrazone groups is 1. The van der Waals surface area contributed by atoms with E-state index in [2.05, 4.69) is 10.5 Å². The number of nitrogens with one attached hydrogen (secondary N) is 1. The Morgan fingerprint density at radius 1 is 2.00 bits per heavy atom. The van der Waals surface area contributed by atoms with Crippen LogP contribution in [-0.2, 0) is 0 Å². The maximum absolute atomic E-state index is 8.04. The minimum Gasteiger partial charge on any atom is -0.217 e. The van der Waals surface area contributed by atoms with Crippen LogP contribution < -0.4 is 5.43 Å². The highest BCUT2D eigenvalue weighted by molar-refractivity contribution is 8.12. The first-order valence-corrected chi connectivity index (χ1v) is 3.04. The molecule has 1 aliphatic heterocycles. The Morgan fingerprint density at radius 3 is 3.38 bits per heavy atom. The average Bonchev–Trinajstić information content (AvgIpc) is 2.19. The van der Waals surface area contributed by atoms with E-state index in [-0.39, 0.29) is 0 Å². The molecule has 1 rings (SSSR count). The molecular weight excluding hydrogens is 124 g/mol. The molecule has 0 aromatic rings. The van der Waals surface area contributed by atoms with Crippen molar-refractivity contribution in [2.24, 2.45) is 5.10 Å². The van der Waals surface area contributed by atoms with E-state index < -0.39 is 0 Å². The van der Waals surface area contributed by atoms with E-state index in [0.717, 1.165) is 0 Å². The number of nitrogens with zero attached hydrogens (tertiary/aromatic N) is 3. The van der Waals surface area contributed by atoms with Crippen molar-refractivity contribution in [1.29, 1.82) is 5.26 Å². The molecule has 0 saturated carbocycles. The van der Waals surface area contributed by atoms with Gasteiger partial charge in [-0.3, -0.25) is 0 Å². The molecule has 0 aromatic carbocycles. The van der Waals surface area contributed by atoms with Crippen molar-refractivity contribution < 1.29 is 0 Å². The van der Waals surface area contributed by atoms with Gasteiger partial charge in [-0.1, -0.05) is 11.8 Å². The van der Waals surface area contributed by atoms with Gasteiger partial charge in [0, 0.05) is 0 Å². The van der Waals surface area contributed by atoms with Crippen molar-refractivity contribution >= 4 is 17.3 Å². The quantitative estimate of drug-likeness (QED) is 0.396. The zero-order chi connectivity index (χ0) is 5.82. The zero-order valence-corrected chi connectivity index (χ0v) is 4.85. The van der Waals surface area contributed by atoms with Crippen LogP contribution in [0.15, 0.2) is 5.10 Å². The van der Waals surface area contributed by atoms with Gasteiger partial charge in [0.15, 0.2) is 6.19 Å². The third-order valence-corrected chi connectivity index (χ3v) is 1.27. The van der Waals surface area contributed by atoms with Gasteiger partial charge in [0.25, 0.3) is 0 Å². The van der Waals surface area contributed by atoms with E-state index in [1.807, 2.05) is 0 Å². The lowest BCUT2D eigenvalue weighted by atomic mass is 11.3. The number of hydrogen-bond acceptors (Lipinski definition) is 5. The fraction of sp³-hybridized carbons (Fsp3) is 0.333. The number of thioether (sulfide) groups is 1. The van der Waals surface area contributed by atoms with E-state index in [9.17, 15) is 0 Å². The van der Waals surface area contributed by atoms with E-state index >= 15 is 0 Å². The summed E-state index contributed by atoms with van der Waals surface area (Å²) in [6.07, 6.45) is 1.76. The van der Waals surface area contributed by atoms with Crippen molar-refractivity contribution in [3.8, 4) is 6.19 Å². The van der Waals surface area contributed by atoms with E-state index in [0.29, 0.717) is 5.88 Å². The van der Waals surface area contributed by atoms with Crippen LogP contribution in [-0.4, -0.2) is 16.5 Å². The zero-order valence-electron chi connectivity index (χ0n) is 4.03. The van der Waals surface area contributed by atoms with Crippen molar-refractivity contribution in [1.82, 2.24) is 10.5 Å². The molecule has 0 amide bonds. The lowest BCUT2D eigenvalue weighted by Gasteiger charge is -2.06. The Morgan fingerprint density at radius 2 is 2.88 bits per heavy atom. The number of nitriles is 1. The fourth-order valence-corrected chi connectivity index (χ4v) is 0.866. The van der Waals surface area contributed by atoms with E-state index in [1.165, 1.54) is 5.12 Å². The SMILES string of the molecule is N#CNN1CSC=N1. The van der Waals surface area contributed by atoms with Gasteiger partial charge in [0.05, 0.1) is 5.55 Å². The average molecular weight is 128 g/mol. The summed E-state index contributed by atoms with van der Waals surface area (Å²) in [6.45, 7) is 0. The van der Waals surface area contributed by atoms with Crippen LogP contribution in [0.5, 0.6) is 0 Å². The third-order valence-electron chi connectivity index (χ3n) is 0.637. The second kappa shape index (κ2) is 2.43. The molecule has 0 aromatic heterocycles. The van der Waals surface area contributed by atoms with Gasteiger partial charge in [-0.2, -0.15) is 15.5 Å². The Hall–Kier alpha value is -0.890.